The molecule has 4 rings (SSSR count). The van der Waals surface area contributed by atoms with Crippen molar-refractivity contribution >= 4 is 84.6 Å². The Balaban J connectivity index is 0.00000529. The van der Waals surface area contributed by atoms with E-state index in [1.807, 2.05) is 13.8 Å². The second-order valence-corrected chi connectivity index (χ2v) is 14.2. The maximum atomic E-state index is 12.9. The average molecular weight is 653 g/mol. The predicted octanol–water partition coefficient (Wildman–Crippen LogP) is 3.85. The van der Waals surface area contributed by atoms with Gasteiger partial charge in [0, 0.05) is 36.0 Å². The van der Waals surface area contributed by atoms with Gasteiger partial charge in [-0.15, -0.1) is 0 Å². The Labute approximate surface area is 280 Å². The van der Waals surface area contributed by atoms with Crippen LogP contribution in [0.15, 0.2) is 59.6 Å². The fraction of sp³-hybridized carbons (Fsp3) is 0.379. The molecule has 0 saturated heterocycles. The summed E-state index contributed by atoms with van der Waals surface area (Å²) in [5.74, 6) is -0.146. The number of benzene rings is 2. The number of anilines is 4. The molecule has 0 aliphatic heterocycles. The van der Waals surface area contributed by atoms with Crippen LogP contribution in [-0.4, -0.2) is 77.7 Å². The topological polar surface area (TPSA) is 168 Å². The molecule has 0 atom stereocenters. The van der Waals surface area contributed by atoms with Crippen LogP contribution in [0.3, 0.4) is 0 Å². The number of aromatic nitrogens is 2. The third-order valence-corrected chi connectivity index (χ3v) is 10.3. The number of nitrogens with one attached hydrogen (secondary N) is 3. The second kappa shape index (κ2) is 15.3. The molecule has 3 N–H and O–H groups in total. The van der Waals surface area contributed by atoms with Gasteiger partial charge in [0.15, 0.2) is 0 Å². The molecule has 0 spiro atoms. The minimum absolute atomic E-state index is 0. The number of carbonyl (C=O) groups is 2. The van der Waals surface area contributed by atoms with E-state index in [-0.39, 0.29) is 65.7 Å². The Kier molecular flexibility index (Phi) is 12.3. The van der Waals surface area contributed by atoms with Crippen LogP contribution < -0.4 is 15.4 Å². The van der Waals surface area contributed by atoms with E-state index in [0.29, 0.717) is 48.4 Å². The summed E-state index contributed by atoms with van der Waals surface area (Å²) in [5, 5.41) is 5.80. The summed E-state index contributed by atoms with van der Waals surface area (Å²) in [7, 11) is -7.62. The monoisotopic (exact) mass is 652 g/mol. The molecule has 3 aromatic rings. The number of amides is 2. The number of rotatable bonds is 14. The van der Waals surface area contributed by atoms with E-state index in [9.17, 15) is 26.4 Å². The summed E-state index contributed by atoms with van der Waals surface area (Å²) >= 11 is 0. The number of nitrogens with zero attached hydrogens (tertiary/aromatic N) is 3. The SMILES string of the molecule is CCCC(=O)NS(=O)(=O)c1ccc(Nc2ncc(C)c(Nc3ccc(CN(C(=O)CCC)S(=O)(=O)C4CC4)cc3)n2)cc1.[NaH]. The maximum absolute atomic E-state index is 12.9. The third-order valence-electron chi connectivity index (χ3n) is 6.66. The normalized spacial score (nSPS) is 13.0. The van der Waals surface area contributed by atoms with Crippen LogP contribution in [0, 0.1) is 6.92 Å². The summed E-state index contributed by atoms with van der Waals surface area (Å²) < 4.78 is 53.7. The summed E-state index contributed by atoms with van der Waals surface area (Å²) in [5.41, 5.74) is 2.70. The molecule has 12 nitrogen and oxygen atoms in total. The molecule has 232 valence electrons. The summed E-state index contributed by atoms with van der Waals surface area (Å²) in [6, 6.07) is 13.0. The quantitative estimate of drug-likeness (QED) is 0.218. The first kappa shape index (κ1) is 35.4. The first-order valence-corrected chi connectivity index (χ1v) is 17.1. The van der Waals surface area contributed by atoms with Gasteiger partial charge in [0.25, 0.3) is 10.0 Å². The first-order chi connectivity index (χ1) is 20.4. The summed E-state index contributed by atoms with van der Waals surface area (Å²) in [6.45, 7) is 5.46. The number of hydrogen-bond acceptors (Lipinski definition) is 10. The molecule has 1 aliphatic carbocycles. The van der Waals surface area contributed by atoms with Crippen molar-refractivity contribution in [3.63, 3.8) is 0 Å². The van der Waals surface area contributed by atoms with E-state index in [0.717, 1.165) is 9.87 Å². The van der Waals surface area contributed by atoms with Gasteiger partial charge in [0.1, 0.15) is 5.82 Å². The standard InChI is InChI=1S/C29H36N6O6S2.Na.H/c1-4-6-26(36)34-42(38,39)24-14-12-23(13-15-24)32-29-30-18-20(3)28(33-29)31-22-10-8-21(9-11-22)19-35(27(37)7-5-2)43(40,41)25-16-17-25;;/h8-15,18,25H,4-7,16-17,19H2,1-3H3,(H,34,36)(H2,30,31,32,33);;. The van der Waals surface area contributed by atoms with Crippen molar-refractivity contribution in [3.8, 4) is 0 Å². The van der Waals surface area contributed by atoms with Gasteiger partial charge in [0.2, 0.25) is 27.8 Å². The number of aryl methyl sites for hydroxylation is 1. The Morgan fingerprint density at radius 2 is 1.48 bits per heavy atom. The van der Waals surface area contributed by atoms with Gasteiger partial charge in [-0.2, -0.15) is 4.98 Å². The predicted molar refractivity (Wildman–Crippen MR) is 171 cm³/mol. The van der Waals surface area contributed by atoms with Crippen LogP contribution in [0.2, 0.25) is 0 Å². The fourth-order valence-corrected chi connectivity index (χ4v) is 6.97. The van der Waals surface area contributed by atoms with Gasteiger partial charge in [0.05, 0.1) is 16.7 Å². The molecule has 1 heterocycles. The molecule has 1 aliphatic rings. The van der Waals surface area contributed by atoms with Gasteiger partial charge in [-0.3, -0.25) is 9.59 Å². The van der Waals surface area contributed by atoms with E-state index in [4.69, 9.17) is 0 Å². The van der Waals surface area contributed by atoms with Crippen molar-refractivity contribution in [2.75, 3.05) is 10.6 Å². The van der Waals surface area contributed by atoms with Gasteiger partial charge in [-0.1, -0.05) is 26.0 Å². The molecule has 0 bridgehead atoms. The van der Waals surface area contributed by atoms with Crippen LogP contribution in [0.4, 0.5) is 23.1 Å². The molecule has 1 fully saturated rings. The van der Waals surface area contributed by atoms with Gasteiger partial charge in [-0.25, -0.2) is 30.8 Å². The number of sulfonamides is 2. The Hall–Kier alpha value is -3.04. The molecule has 1 saturated carbocycles. The molecule has 44 heavy (non-hydrogen) atoms. The zero-order valence-electron chi connectivity index (χ0n) is 24.3. The number of carbonyl (C=O) groups excluding carboxylic acids is 2. The molecule has 1 aromatic heterocycles. The van der Waals surface area contributed by atoms with E-state index in [2.05, 4.69) is 25.3 Å². The van der Waals surface area contributed by atoms with Crippen molar-refractivity contribution < 1.29 is 26.4 Å². The Morgan fingerprint density at radius 3 is 2.07 bits per heavy atom. The van der Waals surface area contributed by atoms with Crippen molar-refractivity contribution in [2.24, 2.45) is 0 Å². The zero-order valence-corrected chi connectivity index (χ0v) is 26.0. The third kappa shape index (κ3) is 9.24. The van der Waals surface area contributed by atoms with Crippen molar-refractivity contribution in [1.82, 2.24) is 19.0 Å². The number of hydrogen-bond donors (Lipinski definition) is 3. The van der Waals surface area contributed by atoms with Crippen molar-refractivity contribution in [3.05, 3.63) is 65.9 Å². The Morgan fingerprint density at radius 1 is 0.886 bits per heavy atom. The molecule has 2 aromatic carbocycles. The van der Waals surface area contributed by atoms with Gasteiger partial charge in [-0.05, 0) is 74.6 Å². The van der Waals surface area contributed by atoms with Crippen LogP contribution in [0.5, 0.6) is 0 Å². The van der Waals surface area contributed by atoms with E-state index in [1.165, 1.54) is 12.1 Å². The van der Waals surface area contributed by atoms with Crippen LogP contribution in [0.1, 0.15) is 63.5 Å². The summed E-state index contributed by atoms with van der Waals surface area (Å²) in [4.78, 5) is 33.1. The van der Waals surface area contributed by atoms with E-state index < -0.39 is 31.2 Å². The Bertz CT molecular complexity index is 1680. The van der Waals surface area contributed by atoms with Crippen LogP contribution >= 0.6 is 0 Å². The van der Waals surface area contributed by atoms with E-state index in [1.54, 1.807) is 49.5 Å². The van der Waals surface area contributed by atoms with Gasteiger partial charge < -0.3 is 10.6 Å². The van der Waals surface area contributed by atoms with Gasteiger partial charge >= 0.3 is 29.6 Å². The molecule has 0 radical (unpaired) electrons. The molecular weight excluding hydrogens is 615 g/mol. The minimum atomic E-state index is -3.96. The molecule has 2 amide bonds. The molecular formula is C29H37N6NaO6S2. The van der Waals surface area contributed by atoms with Crippen molar-refractivity contribution in [2.45, 2.75) is 76.0 Å². The first-order valence-electron chi connectivity index (χ1n) is 14.1. The van der Waals surface area contributed by atoms with Crippen LogP contribution in [0.25, 0.3) is 0 Å². The second-order valence-electron chi connectivity index (χ2n) is 10.4. The van der Waals surface area contributed by atoms with Crippen molar-refractivity contribution in [1.29, 1.82) is 0 Å². The molecule has 0 unspecified atom stereocenters. The summed E-state index contributed by atoms with van der Waals surface area (Å²) in [6.07, 6.45) is 4.21. The zero-order chi connectivity index (χ0) is 31.2. The average Bonchev–Trinajstić information content (AvgIpc) is 3.81. The van der Waals surface area contributed by atoms with E-state index >= 15 is 0 Å². The van der Waals surface area contributed by atoms with Crippen LogP contribution in [-0.2, 0) is 36.2 Å². The molecule has 15 heteroatoms. The fourth-order valence-electron chi connectivity index (χ4n) is 4.16.